The molecule has 1 aliphatic heterocycles. The molecule has 0 aromatic heterocycles. The summed E-state index contributed by atoms with van der Waals surface area (Å²) in [5.74, 6) is 0. The maximum atomic E-state index is 12.2. The van der Waals surface area contributed by atoms with Gasteiger partial charge in [-0.25, -0.2) is 0 Å². The number of rotatable bonds is 4. The molecule has 0 saturated heterocycles. The minimum absolute atomic E-state index is 0.113. The summed E-state index contributed by atoms with van der Waals surface area (Å²) in [5.41, 5.74) is -3.63. The number of thioether (sulfide) groups is 1. The summed E-state index contributed by atoms with van der Waals surface area (Å²) in [4.78, 5) is 3.97. The Labute approximate surface area is 95.9 Å². The summed E-state index contributed by atoms with van der Waals surface area (Å²) in [6, 6.07) is 0. The van der Waals surface area contributed by atoms with Gasteiger partial charge in [0.25, 0.3) is 0 Å². The number of hydrogen-bond donors (Lipinski definition) is 2. The molecule has 0 aromatic rings. The highest BCUT2D eigenvalue weighted by Gasteiger charge is 2.30. The van der Waals surface area contributed by atoms with Crippen LogP contribution in [0.5, 0.6) is 0 Å². The van der Waals surface area contributed by atoms with Gasteiger partial charge in [-0.15, -0.1) is 0 Å². The van der Waals surface area contributed by atoms with Crippen LogP contribution in [0.15, 0.2) is 27.9 Å². The minimum atomic E-state index is -4.28. The number of hydrogen-bond acceptors (Lipinski definition) is 4. The van der Waals surface area contributed by atoms with Crippen molar-refractivity contribution in [1.82, 2.24) is 10.6 Å². The zero-order valence-electron chi connectivity index (χ0n) is 8.64. The van der Waals surface area contributed by atoms with Crippen LogP contribution in [0.1, 0.15) is 6.92 Å². The first-order valence-electron chi connectivity index (χ1n) is 4.66. The Morgan fingerprint density at radius 2 is 2.44 bits per heavy atom. The van der Waals surface area contributed by atoms with E-state index in [1.807, 2.05) is 6.92 Å². The normalized spacial score (nSPS) is 19.0. The molecule has 0 atom stereocenters. The van der Waals surface area contributed by atoms with Crippen LogP contribution in [0.25, 0.3) is 0 Å². The van der Waals surface area contributed by atoms with Crippen LogP contribution in [-0.2, 0) is 0 Å². The predicted molar refractivity (Wildman–Crippen MR) is 60.0 cm³/mol. The quantitative estimate of drug-likeness (QED) is 0.804. The van der Waals surface area contributed by atoms with E-state index in [4.69, 9.17) is 0 Å². The van der Waals surface area contributed by atoms with Crippen molar-refractivity contribution in [2.45, 2.75) is 12.4 Å². The SMILES string of the molecule is CCN/C=C(\C=C1/CN=CN1)SC(F)(F)F. The van der Waals surface area contributed by atoms with Gasteiger partial charge in [0, 0.05) is 23.3 Å². The molecular formula is C9H12F3N3S. The van der Waals surface area contributed by atoms with E-state index in [0.29, 0.717) is 18.8 Å². The standard InChI is InChI=1S/C9H12F3N3S/c1-2-13-5-8(16-9(10,11)12)3-7-4-14-6-15-7/h3,5-6,13H,2,4H2,1H3,(H,14,15)/b7-3+,8-5+. The van der Waals surface area contributed by atoms with Gasteiger partial charge >= 0.3 is 5.51 Å². The molecule has 3 nitrogen and oxygen atoms in total. The van der Waals surface area contributed by atoms with Crippen molar-refractivity contribution in [2.24, 2.45) is 4.99 Å². The average molecular weight is 251 g/mol. The molecule has 16 heavy (non-hydrogen) atoms. The predicted octanol–water partition coefficient (Wildman–Crippen LogP) is 2.21. The van der Waals surface area contributed by atoms with Crippen molar-refractivity contribution in [3.63, 3.8) is 0 Å². The van der Waals surface area contributed by atoms with E-state index in [1.165, 1.54) is 18.6 Å². The van der Waals surface area contributed by atoms with Crippen LogP contribution in [0.4, 0.5) is 13.2 Å². The van der Waals surface area contributed by atoms with Gasteiger partial charge in [0.15, 0.2) is 0 Å². The summed E-state index contributed by atoms with van der Waals surface area (Å²) in [5, 5.41) is 5.52. The molecule has 7 heteroatoms. The molecule has 2 N–H and O–H groups in total. The van der Waals surface area contributed by atoms with E-state index in [0.717, 1.165) is 0 Å². The highest BCUT2D eigenvalue weighted by Crippen LogP contribution is 2.36. The van der Waals surface area contributed by atoms with Gasteiger partial charge in [0.05, 0.1) is 12.9 Å². The first-order chi connectivity index (χ1) is 7.51. The Morgan fingerprint density at radius 1 is 1.69 bits per heavy atom. The number of alkyl halides is 3. The van der Waals surface area contributed by atoms with Crippen LogP contribution in [0.3, 0.4) is 0 Å². The van der Waals surface area contributed by atoms with E-state index in [1.54, 1.807) is 0 Å². The Hall–Kier alpha value is -1.11. The Balaban J connectivity index is 2.67. The van der Waals surface area contributed by atoms with Crippen LogP contribution in [0.2, 0.25) is 0 Å². The second-order valence-corrected chi connectivity index (χ2v) is 4.07. The third kappa shape index (κ3) is 5.11. The first-order valence-corrected chi connectivity index (χ1v) is 5.47. The third-order valence-electron chi connectivity index (χ3n) is 1.60. The molecule has 1 aliphatic rings. The maximum Gasteiger partial charge on any atom is 0.446 e. The highest BCUT2D eigenvalue weighted by molar-refractivity contribution is 8.04. The fourth-order valence-electron chi connectivity index (χ4n) is 1.01. The van der Waals surface area contributed by atoms with Gasteiger partial charge in [-0.3, -0.25) is 4.99 Å². The maximum absolute atomic E-state index is 12.2. The van der Waals surface area contributed by atoms with E-state index >= 15 is 0 Å². The fourth-order valence-corrected chi connectivity index (χ4v) is 1.62. The number of halogens is 3. The van der Waals surface area contributed by atoms with Gasteiger partial charge in [-0.05, 0) is 24.8 Å². The molecule has 0 fully saturated rings. The molecule has 0 spiro atoms. The highest BCUT2D eigenvalue weighted by atomic mass is 32.2. The number of allylic oxidation sites excluding steroid dienone is 1. The van der Waals surface area contributed by atoms with Crippen molar-refractivity contribution in [2.75, 3.05) is 13.1 Å². The number of aliphatic imine (C=N–C) groups is 1. The van der Waals surface area contributed by atoms with Crippen molar-refractivity contribution in [3.05, 3.63) is 22.9 Å². The van der Waals surface area contributed by atoms with Crippen LogP contribution < -0.4 is 10.6 Å². The molecule has 0 amide bonds. The molecule has 90 valence electrons. The lowest BCUT2D eigenvalue weighted by atomic mass is 10.4. The minimum Gasteiger partial charge on any atom is -0.390 e. The number of nitrogens with one attached hydrogen (secondary N) is 2. The zero-order valence-corrected chi connectivity index (χ0v) is 9.45. The molecule has 0 unspecified atom stereocenters. The van der Waals surface area contributed by atoms with Gasteiger partial charge in [-0.2, -0.15) is 13.2 Å². The van der Waals surface area contributed by atoms with Crippen LogP contribution in [-0.4, -0.2) is 24.9 Å². The molecule has 1 rings (SSSR count). The van der Waals surface area contributed by atoms with Crippen LogP contribution >= 0.6 is 11.8 Å². The summed E-state index contributed by atoms with van der Waals surface area (Å²) >= 11 is -0.145. The molecule has 0 aliphatic carbocycles. The van der Waals surface area contributed by atoms with Crippen LogP contribution in [0, 0.1) is 0 Å². The van der Waals surface area contributed by atoms with E-state index < -0.39 is 5.51 Å². The molecule has 0 bridgehead atoms. The molecule has 0 radical (unpaired) electrons. The fraction of sp³-hybridized carbons (Fsp3) is 0.444. The van der Waals surface area contributed by atoms with Gasteiger partial charge in [-0.1, -0.05) is 0 Å². The van der Waals surface area contributed by atoms with Gasteiger partial charge < -0.3 is 10.6 Å². The van der Waals surface area contributed by atoms with Crippen molar-refractivity contribution in [1.29, 1.82) is 0 Å². The van der Waals surface area contributed by atoms with Crippen molar-refractivity contribution in [3.8, 4) is 0 Å². The number of nitrogens with zero attached hydrogens (tertiary/aromatic N) is 1. The Bertz CT molecular complexity index is 310. The molecular weight excluding hydrogens is 239 g/mol. The van der Waals surface area contributed by atoms with Gasteiger partial charge in [0.2, 0.25) is 0 Å². The lowest BCUT2D eigenvalue weighted by Gasteiger charge is -2.08. The van der Waals surface area contributed by atoms with Gasteiger partial charge in [0.1, 0.15) is 0 Å². The first kappa shape index (κ1) is 13.0. The molecule has 1 heterocycles. The smallest absolute Gasteiger partial charge is 0.390 e. The van der Waals surface area contributed by atoms with E-state index in [-0.39, 0.29) is 16.7 Å². The largest absolute Gasteiger partial charge is 0.446 e. The topological polar surface area (TPSA) is 36.4 Å². The van der Waals surface area contributed by atoms with E-state index in [9.17, 15) is 13.2 Å². The summed E-state index contributed by atoms with van der Waals surface area (Å²) in [6.45, 7) is 2.79. The molecule has 0 saturated carbocycles. The summed E-state index contributed by atoms with van der Waals surface area (Å²) in [7, 11) is 0. The second-order valence-electron chi connectivity index (χ2n) is 2.94. The molecule has 0 aromatic carbocycles. The lowest BCUT2D eigenvalue weighted by molar-refractivity contribution is -0.0321. The van der Waals surface area contributed by atoms with Crippen molar-refractivity contribution >= 4 is 18.1 Å². The second kappa shape index (κ2) is 5.83. The monoisotopic (exact) mass is 251 g/mol. The summed E-state index contributed by atoms with van der Waals surface area (Å²) < 4.78 is 36.7. The van der Waals surface area contributed by atoms with Crippen molar-refractivity contribution < 1.29 is 13.2 Å². The average Bonchev–Trinajstić information content (AvgIpc) is 2.64. The van der Waals surface area contributed by atoms with E-state index in [2.05, 4.69) is 15.6 Å². The Morgan fingerprint density at radius 3 is 2.94 bits per heavy atom. The lowest BCUT2D eigenvalue weighted by Crippen LogP contribution is -2.09. The zero-order chi connectivity index (χ0) is 12.0. The summed E-state index contributed by atoms with van der Waals surface area (Å²) in [6.07, 6.45) is 4.26. The third-order valence-corrected chi connectivity index (χ3v) is 2.30. The Kier molecular flexibility index (Phi) is 4.72.